The highest BCUT2D eigenvalue weighted by Gasteiger charge is 2.06. The van der Waals surface area contributed by atoms with Crippen LogP contribution >= 0.6 is 11.3 Å². The van der Waals surface area contributed by atoms with E-state index in [4.69, 9.17) is 0 Å². The lowest BCUT2D eigenvalue weighted by atomic mass is 10.2. The van der Waals surface area contributed by atoms with Gasteiger partial charge in [-0.3, -0.25) is 4.79 Å². The average molecular weight is 182 g/mol. The van der Waals surface area contributed by atoms with E-state index in [1.54, 1.807) is 17.4 Å². The van der Waals surface area contributed by atoms with Crippen LogP contribution in [0.1, 0.15) is 10.4 Å². The lowest BCUT2D eigenvalue weighted by molar-refractivity contribution is -0.139. The summed E-state index contributed by atoms with van der Waals surface area (Å²) in [5, 5.41) is 1.94. The zero-order valence-electron chi connectivity index (χ0n) is 6.87. The molecule has 3 heteroatoms. The third-order valence-corrected chi connectivity index (χ3v) is 2.47. The van der Waals surface area contributed by atoms with Crippen molar-refractivity contribution in [2.45, 2.75) is 6.42 Å². The highest BCUT2D eigenvalue weighted by molar-refractivity contribution is 7.10. The van der Waals surface area contributed by atoms with Crippen LogP contribution in [0, 0.1) is 0 Å². The molecule has 0 fully saturated rings. The van der Waals surface area contributed by atoms with E-state index >= 15 is 0 Å². The first-order valence-electron chi connectivity index (χ1n) is 3.53. The minimum atomic E-state index is -0.208. The number of methoxy groups -OCH3 is 1. The molecular weight excluding hydrogens is 172 g/mol. The molecule has 0 aromatic carbocycles. The molecule has 1 rings (SSSR count). The average Bonchev–Trinajstić information content (AvgIpc) is 2.51. The lowest BCUT2D eigenvalue weighted by Crippen LogP contribution is -2.03. The molecule has 0 radical (unpaired) electrons. The summed E-state index contributed by atoms with van der Waals surface area (Å²) in [6, 6.07) is 1.94. The van der Waals surface area contributed by atoms with Crippen molar-refractivity contribution in [1.29, 1.82) is 0 Å². The SMILES string of the molecule is C=Cc1ccsc1CC(=O)OC. The Morgan fingerprint density at radius 3 is 3.17 bits per heavy atom. The van der Waals surface area contributed by atoms with Crippen LogP contribution in [0.5, 0.6) is 0 Å². The Hall–Kier alpha value is -1.09. The third kappa shape index (κ3) is 1.95. The Kier molecular flexibility index (Phi) is 3.05. The Bertz CT molecular complexity index is 288. The number of carbonyl (C=O) groups is 1. The van der Waals surface area contributed by atoms with Gasteiger partial charge in [0.1, 0.15) is 0 Å². The van der Waals surface area contributed by atoms with Crippen LogP contribution in [-0.4, -0.2) is 13.1 Å². The van der Waals surface area contributed by atoms with E-state index in [0.29, 0.717) is 6.42 Å². The molecule has 1 aromatic rings. The molecule has 1 aromatic heterocycles. The predicted molar refractivity (Wildman–Crippen MR) is 50.1 cm³/mol. The summed E-state index contributed by atoms with van der Waals surface area (Å²) < 4.78 is 4.56. The van der Waals surface area contributed by atoms with Crippen LogP contribution in [0.4, 0.5) is 0 Å². The lowest BCUT2D eigenvalue weighted by Gasteiger charge is -1.97. The first kappa shape index (κ1) is 9.00. The Morgan fingerprint density at radius 1 is 1.83 bits per heavy atom. The van der Waals surface area contributed by atoms with Crippen LogP contribution < -0.4 is 0 Å². The van der Waals surface area contributed by atoms with Gasteiger partial charge in [0.2, 0.25) is 0 Å². The number of thiophene rings is 1. The Balaban J connectivity index is 2.74. The van der Waals surface area contributed by atoms with Crippen molar-refractivity contribution in [1.82, 2.24) is 0 Å². The van der Waals surface area contributed by atoms with Gasteiger partial charge in [-0.1, -0.05) is 12.7 Å². The molecule has 0 unspecified atom stereocenters. The van der Waals surface area contributed by atoms with Gasteiger partial charge in [0, 0.05) is 4.88 Å². The zero-order chi connectivity index (χ0) is 8.97. The fourth-order valence-electron chi connectivity index (χ4n) is 0.879. The molecule has 0 saturated heterocycles. The number of hydrogen-bond donors (Lipinski definition) is 0. The summed E-state index contributed by atoms with van der Waals surface area (Å²) >= 11 is 1.55. The van der Waals surface area contributed by atoms with E-state index in [9.17, 15) is 4.79 Å². The fraction of sp³-hybridized carbons (Fsp3) is 0.222. The van der Waals surface area contributed by atoms with Crippen LogP contribution in [0.25, 0.3) is 6.08 Å². The van der Waals surface area contributed by atoms with Gasteiger partial charge in [0.25, 0.3) is 0 Å². The second kappa shape index (κ2) is 4.07. The van der Waals surface area contributed by atoms with Gasteiger partial charge in [-0.05, 0) is 17.0 Å². The van der Waals surface area contributed by atoms with E-state index in [1.807, 2.05) is 11.4 Å². The molecular formula is C9H10O2S. The van der Waals surface area contributed by atoms with E-state index in [-0.39, 0.29) is 5.97 Å². The van der Waals surface area contributed by atoms with Crippen LogP contribution in [0.15, 0.2) is 18.0 Å². The van der Waals surface area contributed by atoms with Crippen molar-refractivity contribution >= 4 is 23.4 Å². The first-order valence-corrected chi connectivity index (χ1v) is 4.41. The fourth-order valence-corrected chi connectivity index (χ4v) is 1.75. The maximum Gasteiger partial charge on any atom is 0.310 e. The second-order valence-corrected chi connectivity index (χ2v) is 3.26. The smallest absolute Gasteiger partial charge is 0.310 e. The summed E-state index contributed by atoms with van der Waals surface area (Å²) in [4.78, 5) is 11.9. The van der Waals surface area contributed by atoms with Crippen molar-refractivity contribution in [2.75, 3.05) is 7.11 Å². The third-order valence-electron chi connectivity index (χ3n) is 1.53. The van der Waals surface area contributed by atoms with Crippen molar-refractivity contribution in [2.24, 2.45) is 0 Å². The second-order valence-electron chi connectivity index (χ2n) is 2.26. The van der Waals surface area contributed by atoms with Gasteiger partial charge in [-0.2, -0.15) is 0 Å². The molecule has 0 aliphatic rings. The predicted octanol–water partition coefficient (Wildman–Crippen LogP) is 2.11. The van der Waals surface area contributed by atoms with Crippen molar-refractivity contribution in [3.8, 4) is 0 Å². The van der Waals surface area contributed by atoms with Gasteiger partial charge in [0.05, 0.1) is 13.5 Å². The topological polar surface area (TPSA) is 26.3 Å². The van der Waals surface area contributed by atoms with Gasteiger partial charge in [-0.15, -0.1) is 11.3 Å². The highest BCUT2D eigenvalue weighted by Crippen LogP contribution is 2.18. The zero-order valence-corrected chi connectivity index (χ0v) is 7.69. The van der Waals surface area contributed by atoms with Crippen LogP contribution in [0.3, 0.4) is 0 Å². The monoisotopic (exact) mass is 182 g/mol. The first-order chi connectivity index (χ1) is 5.77. The molecule has 0 bridgehead atoms. The summed E-state index contributed by atoms with van der Waals surface area (Å²) in [5.41, 5.74) is 1.02. The molecule has 0 spiro atoms. The molecule has 0 aliphatic heterocycles. The minimum Gasteiger partial charge on any atom is -0.469 e. The van der Waals surface area contributed by atoms with Gasteiger partial charge >= 0.3 is 5.97 Å². The number of esters is 1. The summed E-state index contributed by atoms with van der Waals surface area (Å²) in [6.45, 7) is 3.65. The molecule has 1 heterocycles. The highest BCUT2D eigenvalue weighted by atomic mass is 32.1. The largest absolute Gasteiger partial charge is 0.469 e. The number of hydrogen-bond acceptors (Lipinski definition) is 3. The maximum atomic E-state index is 10.9. The molecule has 64 valence electrons. The number of ether oxygens (including phenoxy) is 1. The van der Waals surface area contributed by atoms with Crippen LogP contribution in [-0.2, 0) is 16.0 Å². The number of rotatable bonds is 3. The summed E-state index contributed by atoms with van der Waals surface area (Å²) in [5.74, 6) is -0.208. The van der Waals surface area contributed by atoms with E-state index in [2.05, 4.69) is 11.3 Å². The normalized spacial score (nSPS) is 9.42. The standard InChI is InChI=1S/C9H10O2S/c1-3-7-4-5-12-8(7)6-9(10)11-2/h3-5H,1,6H2,2H3. The van der Waals surface area contributed by atoms with Gasteiger partial charge in [0.15, 0.2) is 0 Å². The molecule has 2 nitrogen and oxygen atoms in total. The molecule has 0 N–H and O–H groups in total. The van der Waals surface area contributed by atoms with Crippen molar-refractivity contribution in [3.63, 3.8) is 0 Å². The molecule has 12 heavy (non-hydrogen) atoms. The molecule has 0 aliphatic carbocycles. The molecule has 0 atom stereocenters. The van der Waals surface area contributed by atoms with Gasteiger partial charge < -0.3 is 4.74 Å². The van der Waals surface area contributed by atoms with Gasteiger partial charge in [-0.25, -0.2) is 0 Å². The maximum absolute atomic E-state index is 10.9. The number of carbonyl (C=O) groups excluding carboxylic acids is 1. The van der Waals surface area contributed by atoms with Crippen molar-refractivity contribution < 1.29 is 9.53 Å². The molecule has 0 amide bonds. The quantitative estimate of drug-likeness (QED) is 0.669. The minimum absolute atomic E-state index is 0.208. The van der Waals surface area contributed by atoms with E-state index < -0.39 is 0 Å². The Labute approximate surface area is 75.5 Å². The Morgan fingerprint density at radius 2 is 2.58 bits per heavy atom. The summed E-state index contributed by atoms with van der Waals surface area (Å²) in [6.07, 6.45) is 2.09. The van der Waals surface area contributed by atoms with Crippen molar-refractivity contribution in [3.05, 3.63) is 28.5 Å². The van der Waals surface area contributed by atoms with E-state index in [1.165, 1.54) is 7.11 Å². The molecule has 0 saturated carbocycles. The van der Waals surface area contributed by atoms with Crippen LogP contribution in [0.2, 0.25) is 0 Å². The summed E-state index contributed by atoms with van der Waals surface area (Å²) in [7, 11) is 1.39. The van der Waals surface area contributed by atoms with E-state index in [0.717, 1.165) is 10.4 Å².